The summed E-state index contributed by atoms with van der Waals surface area (Å²) in [6.07, 6.45) is 0.932. The van der Waals surface area contributed by atoms with Crippen LogP contribution in [0.2, 0.25) is 0 Å². The number of hydrogen-bond donors (Lipinski definition) is 0. The molecule has 0 saturated heterocycles. The molecule has 0 amide bonds. The van der Waals surface area contributed by atoms with Crippen LogP contribution in [0.1, 0.15) is 40.6 Å². The van der Waals surface area contributed by atoms with Gasteiger partial charge in [-0.1, -0.05) is 6.92 Å². The first-order chi connectivity index (χ1) is 10.9. The fourth-order valence-corrected chi connectivity index (χ4v) is 3.17. The molecule has 2 heterocycles. The third-order valence-corrected chi connectivity index (χ3v) is 4.70. The number of aromatic nitrogens is 2. The van der Waals surface area contributed by atoms with Gasteiger partial charge in [0.05, 0.1) is 25.3 Å². The summed E-state index contributed by atoms with van der Waals surface area (Å²) in [6, 6.07) is 0. The zero-order valence-corrected chi connectivity index (χ0v) is 15.4. The Labute approximate surface area is 138 Å². The molecule has 0 spiro atoms. The van der Waals surface area contributed by atoms with Crippen molar-refractivity contribution in [3.63, 3.8) is 0 Å². The molecule has 2 aromatic heterocycles. The molecule has 0 aromatic carbocycles. The highest BCUT2D eigenvalue weighted by Gasteiger charge is 2.23. The number of ether oxygens (including phenoxy) is 2. The Hall–Kier alpha value is -2.10. The van der Waals surface area contributed by atoms with Crippen molar-refractivity contribution < 1.29 is 9.47 Å². The molecule has 0 radical (unpaired) electrons. The second kappa shape index (κ2) is 6.57. The van der Waals surface area contributed by atoms with Crippen molar-refractivity contribution in [2.24, 2.45) is 0 Å². The van der Waals surface area contributed by atoms with Gasteiger partial charge in [0.25, 0.3) is 0 Å². The molecule has 0 aliphatic heterocycles. The lowest BCUT2D eigenvalue weighted by Gasteiger charge is -2.21. The minimum atomic E-state index is 0.625. The van der Waals surface area contributed by atoms with Crippen molar-refractivity contribution >= 4 is 0 Å². The smallest absolute Gasteiger partial charge is 0.221 e. The molecule has 0 unspecified atom stereocenters. The maximum atomic E-state index is 5.59. The highest BCUT2D eigenvalue weighted by atomic mass is 16.5. The number of pyridine rings is 2. The molecule has 4 nitrogen and oxygen atoms in total. The summed E-state index contributed by atoms with van der Waals surface area (Å²) in [6.45, 7) is 12.5. The van der Waals surface area contributed by atoms with Crippen molar-refractivity contribution in [1.82, 2.24) is 9.97 Å². The Kier molecular flexibility index (Phi) is 4.93. The van der Waals surface area contributed by atoms with E-state index < -0.39 is 0 Å². The van der Waals surface area contributed by atoms with Crippen LogP contribution >= 0.6 is 0 Å². The summed E-state index contributed by atoms with van der Waals surface area (Å²) < 4.78 is 11.2. The molecular formula is C19H26N2O2. The van der Waals surface area contributed by atoms with E-state index in [4.69, 9.17) is 9.47 Å². The van der Waals surface area contributed by atoms with Gasteiger partial charge in [-0.05, 0) is 63.3 Å². The van der Waals surface area contributed by atoms with Crippen LogP contribution in [0, 0.1) is 34.6 Å². The molecule has 124 valence electrons. The molecule has 0 N–H and O–H groups in total. The summed E-state index contributed by atoms with van der Waals surface area (Å²) >= 11 is 0. The summed E-state index contributed by atoms with van der Waals surface area (Å²) in [5.41, 5.74) is 8.72. The molecule has 0 aliphatic carbocycles. The molecule has 0 atom stereocenters. The standard InChI is InChI=1S/C19H26N2O2/c1-9-15-12(4)17(19(23-8)21-14(15)6)16-11(3)10(2)13(5)20-18(16)22-7/h9H2,1-8H3. The van der Waals surface area contributed by atoms with Gasteiger partial charge in [-0.3, -0.25) is 0 Å². The second-order valence-corrected chi connectivity index (χ2v) is 5.87. The van der Waals surface area contributed by atoms with Crippen LogP contribution in [0.15, 0.2) is 0 Å². The van der Waals surface area contributed by atoms with Crippen molar-refractivity contribution in [1.29, 1.82) is 0 Å². The van der Waals surface area contributed by atoms with Crippen LogP contribution in [-0.2, 0) is 6.42 Å². The van der Waals surface area contributed by atoms with Gasteiger partial charge >= 0.3 is 0 Å². The Morgan fingerprint density at radius 1 is 0.696 bits per heavy atom. The maximum Gasteiger partial charge on any atom is 0.221 e. The Morgan fingerprint density at radius 3 is 1.65 bits per heavy atom. The molecule has 0 aliphatic rings. The number of hydrogen-bond acceptors (Lipinski definition) is 4. The van der Waals surface area contributed by atoms with Crippen LogP contribution in [0.4, 0.5) is 0 Å². The van der Waals surface area contributed by atoms with Crippen LogP contribution < -0.4 is 9.47 Å². The topological polar surface area (TPSA) is 44.2 Å². The number of methoxy groups -OCH3 is 2. The molecule has 2 rings (SSSR count). The fourth-order valence-electron chi connectivity index (χ4n) is 3.17. The van der Waals surface area contributed by atoms with Gasteiger partial charge in [0, 0.05) is 11.4 Å². The minimum Gasteiger partial charge on any atom is -0.481 e. The van der Waals surface area contributed by atoms with Crippen molar-refractivity contribution in [2.45, 2.75) is 48.0 Å². The van der Waals surface area contributed by atoms with Crippen molar-refractivity contribution in [3.8, 4) is 22.9 Å². The summed E-state index contributed by atoms with van der Waals surface area (Å²) in [5.74, 6) is 1.25. The zero-order valence-electron chi connectivity index (χ0n) is 15.4. The van der Waals surface area contributed by atoms with E-state index in [-0.39, 0.29) is 0 Å². The van der Waals surface area contributed by atoms with E-state index in [9.17, 15) is 0 Å². The normalized spacial score (nSPS) is 10.8. The monoisotopic (exact) mass is 314 g/mol. The Balaban J connectivity index is 2.94. The van der Waals surface area contributed by atoms with Gasteiger partial charge in [-0.25, -0.2) is 9.97 Å². The van der Waals surface area contributed by atoms with E-state index in [0.717, 1.165) is 34.5 Å². The molecule has 23 heavy (non-hydrogen) atoms. The zero-order chi connectivity index (χ0) is 17.3. The molecule has 4 heteroatoms. The average molecular weight is 314 g/mol. The summed E-state index contributed by atoms with van der Waals surface area (Å²) in [5, 5.41) is 0. The van der Waals surface area contributed by atoms with E-state index in [1.54, 1.807) is 14.2 Å². The van der Waals surface area contributed by atoms with Crippen LogP contribution in [0.5, 0.6) is 11.8 Å². The number of aryl methyl sites for hydroxylation is 2. The first kappa shape index (κ1) is 17.3. The molecule has 0 saturated carbocycles. The maximum absolute atomic E-state index is 5.59. The van der Waals surface area contributed by atoms with Crippen LogP contribution in [0.25, 0.3) is 11.1 Å². The SMILES string of the molecule is CCc1c(C)nc(OC)c(-c2c(OC)nc(C)c(C)c2C)c1C. The highest BCUT2D eigenvalue weighted by molar-refractivity contribution is 5.81. The van der Waals surface area contributed by atoms with Gasteiger partial charge in [-0.15, -0.1) is 0 Å². The molecule has 0 bridgehead atoms. The lowest BCUT2D eigenvalue weighted by atomic mass is 9.91. The lowest BCUT2D eigenvalue weighted by Crippen LogP contribution is -2.06. The van der Waals surface area contributed by atoms with Gasteiger partial charge in [0.2, 0.25) is 11.8 Å². The first-order valence-corrected chi connectivity index (χ1v) is 7.93. The van der Waals surface area contributed by atoms with Gasteiger partial charge in [0.15, 0.2) is 0 Å². The molecule has 2 aromatic rings. The molecule has 0 fully saturated rings. The fraction of sp³-hybridized carbons (Fsp3) is 0.474. The van der Waals surface area contributed by atoms with Crippen molar-refractivity contribution in [2.75, 3.05) is 14.2 Å². The van der Waals surface area contributed by atoms with E-state index in [1.165, 1.54) is 16.7 Å². The number of rotatable bonds is 4. The largest absolute Gasteiger partial charge is 0.481 e. The lowest BCUT2D eigenvalue weighted by molar-refractivity contribution is 0.391. The quantitative estimate of drug-likeness (QED) is 0.845. The van der Waals surface area contributed by atoms with Gasteiger partial charge < -0.3 is 9.47 Å². The molecular weight excluding hydrogens is 288 g/mol. The Bertz CT molecular complexity index is 752. The van der Waals surface area contributed by atoms with Crippen LogP contribution in [0.3, 0.4) is 0 Å². The Morgan fingerprint density at radius 2 is 1.17 bits per heavy atom. The van der Waals surface area contributed by atoms with Gasteiger partial charge in [-0.2, -0.15) is 0 Å². The highest BCUT2D eigenvalue weighted by Crippen LogP contribution is 2.42. The number of nitrogens with zero attached hydrogens (tertiary/aromatic N) is 2. The average Bonchev–Trinajstić information content (AvgIpc) is 2.53. The van der Waals surface area contributed by atoms with E-state index in [0.29, 0.717) is 11.8 Å². The van der Waals surface area contributed by atoms with E-state index in [1.807, 2.05) is 13.8 Å². The third-order valence-electron chi connectivity index (χ3n) is 4.70. The van der Waals surface area contributed by atoms with Crippen LogP contribution in [-0.4, -0.2) is 24.2 Å². The predicted octanol–water partition coefficient (Wildman–Crippen LogP) is 4.27. The predicted molar refractivity (Wildman–Crippen MR) is 93.6 cm³/mol. The van der Waals surface area contributed by atoms with E-state index in [2.05, 4.69) is 37.7 Å². The summed E-state index contributed by atoms with van der Waals surface area (Å²) in [4.78, 5) is 9.28. The third kappa shape index (κ3) is 2.78. The minimum absolute atomic E-state index is 0.625. The van der Waals surface area contributed by atoms with Gasteiger partial charge in [0.1, 0.15) is 0 Å². The summed E-state index contributed by atoms with van der Waals surface area (Å²) in [7, 11) is 3.32. The second-order valence-electron chi connectivity index (χ2n) is 5.87. The van der Waals surface area contributed by atoms with E-state index >= 15 is 0 Å². The first-order valence-electron chi connectivity index (χ1n) is 7.93. The van der Waals surface area contributed by atoms with Crippen molar-refractivity contribution in [3.05, 3.63) is 33.6 Å².